The van der Waals surface area contributed by atoms with Crippen molar-refractivity contribution in [3.8, 4) is 5.69 Å². The van der Waals surface area contributed by atoms with Crippen LogP contribution in [0.3, 0.4) is 0 Å². The number of hydrogen-bond donors (Lipinski definition) is 2. The number of halogens is 6. The highest BCUT2D eigenvalue weighted by Crippen LogP contribution is 2.35. The summed E-state index contributed by atoms with van der Waals surface area (Å²) in [6.07, 6.45) is -9.43. The van der Waals surface area contributed by atoms with Crippen molar-refractivity contribution in [3.05, 3.63) is 95.3 Å². The number of carbonyl (C=O) groups excluding carboxylic acids is 2. The molecule has 0 unspecified atom stereocenters. The smallest absolute Gasteiger partial charge is 0.345 e. The zero-order chi connectivity index (χ0) is 33.9. The summed E-state index contributed by atoms with van der Waals surface area (Å²) in [4.78, 5) is 25.4. The van der Waals surface area contributed by atoms with Gasteiger partial charge < -0.3 is 10.6 Å². The molecular formula is C28H24F6N6O4S2. The minimum atomic E-state index is -4.73. The standard InChI is InChI=1S/C28H24F6N6O4S2/c1-39(2)46(43,44)20-12-10-17(11-13-20)25(42)35-15-23-37-38-26(40(23)19-7-5-6-18(14-19)27(29,30)31)45-16-24(41)36-22-9-4-3-8-21(22)28(32,33)34/h3-14H,15-16H2,1-2H3,(H,35,42)(H,36,41). The van der Waals surface area contributed by atoms with E-state index in [9.17, 15) is 44.3 Å². The number of amides is 2. The molecule has 0 aliphatic heterocycles. The third-order valence-electron chi connectivity index (χ3n) is 6.27. The average molecular weight is 687 g/mol. The quantitative estimate of drug-likeness (QED) is 0.173. The Hall–Kier alpha value is -4.42. The van der Waals surface area contributed by atoms with E-state index >= 15 is 0 Å². The molecule has 244 valence electrons. The predicted molar refractivity (Wildman–Crippen MR) is 156 cm³/mol. The SMILES string of the molecule is CN(C)S(=O)(=O)c1ccc(C(=O)NCc2nnc(SCC(=O)Nc3ccccc3C(F)(F)F)n2-c2cccc(C(F)(F)F)c2)cc1. The van der Waals surface area contributed by atoms with Gasteiger partial charge in [-0.2, -0.15) is 26.3 Å². The molecule has 3 aromatic carbocycles. The molecule has 46 heavy (non-hydrogen) atoms. The molecule has 4 rings (SSSR count). The van der Waals surface area contributed by atoms with E-state index in [1.165, 1.54) is 55.1 Å². The number of nitrogens with one attached hydrogen (secondary N) is 2. The molecule has 0 bridgehead atoms. The van der Waals surface area contributed by atoms with Crippen LogP contribution in [0, 0.1) is 0 Å². The molecule has 2 amide bonds. The molecule has 0 fully saturated rings. The van der Waals surface area contributed by atoms with Crippen LogP contribution in [-0.2, 0) is 33.7 Å². The van der Waals surface area contributed by atoms with Crippen LogP contribution in [0.1, 0.15) is 27.3 Å². The first-order chi connectivity index (χ1) is 21.5. The summed E-state index contributed by atoms with van der Waals surface area (Å²) in [5, 5.41) is 12.5. The van der Waals surface area contributed by atoms with Gasteiger partial charge in [0.25, 0.3) is 5.91 Å². The normalized spacial score (nSPS) is 12.3. The summed E-state index contributed by atoms with van der Waals surface area (Å²) >= 11 is 0.695. The summed E-state index contributed by atoms with van der Waals surface area (Å²) < 4.78 is 107. The van der Waals surface area contributed by atoms with Crippen LogP contribution in [-0.4, -0.2) is 59.2 Å². The van der Waals surface area contributed by atoms with Crippen LogP contribution >= 0.6 is 11.8 Å². The molecule has 10 nitrogen and oxygen atoms in total. The number of aromatic nitrogens is 3. The molecule has 2 N–H and O–H groups in total. The number of hydrogen-bond acceptors (Lipinski definition) is 7. The summed E-state index contributed by atoms with van der Waals surface area (Å²) in [6, 6.07) is 13.5. The molecule has 0 atom stereocenters. The number of benzene rings is 3. The highest BCUT2D eigenvalue weighted by molar-refractivity contribution is 7.99. The van der Waals surface area contributed by atoms with Crippen molar-refractivity contribution < 1.29 is 44.3 Å². The van der Waals surface area contributed by atoms with Crippen molar-refractivity contribution in [2.75, 3.05) is 25.2 Å². The van der Waals surface area contributed by atoms with Crippen LogP contribution < -0.4 is 10.6 Å². The number of nitrogens with zero attached hydrogens (tertiary/aromatic N) is 4. The summed E-state index contributed by atoms with van der Waals surface area (Å²) in [7, 11) is -1.04. The van der Waals surface area contributed by atoms with Crippen molar-refractivity contribution in [3.63, 3.8) is 0 Å². The molecule has 0 radical (unpaired) electrons. The summed E-state index contributed by atoms with van der Waals surface area (Å²) in [6.45, 7) is -0.356. The number of para-hydroxylation sites is 1. The van der Waals surface area contributed by atoms with Crippen LogP contribution in [0.2, 0.25) is 0 Å². The molecular weight excluding hydrogens is 662 g/mol. The van der Waals surface area contributed by atoms with E-state index < -0.39 is 56.8 Å². The number of carbonyl (C=O) groups is 2. The van der Waals surface area contributed by atoms with E-state index in [1.807, 2.05) is 0 Å². The molecule has 18 heteroatoms. The Balaban J connectivity index is 1.57. The number of anilines is 1. The Morgan fingerprint density at radius 2 is 1.57 bits per heavy atom. The Labute approximate surface area is 262 Å². The van der Waals surface area contributed by atoms with Gasteiger partial charge in [-0.25, -0.2) is 12.7 Å². The summed E-state index contributed by atoms with van der Waals surface area (Å²) in [5.74, 6) is -2.04. The van der Waals surface area contributed by atoms with E-state index in [0.717, 1.165) is 40.7 Å². The minimum Gasteiger partial charge on any atom is -0.345 e. The van der Waals surface area contributed by atoms with Crippen molar-refractivity contribution in [1.82, 2.24) is 24.4 Å². The Bertz CT molecular complexity index is 1840. The Morgan fingerprint density at radius 1 is 0.891 bits per heavy atom. The van der Waals surface area contributed by atoms with Gasteiger partial charge in [0.15, 0.2) is 11.0 Å². The van der Waals surface area contributed by atoms with E-state index in [0.29, 0.717) is 11.8 Å². The summed E-state index contributed by atoms with van der Waals surface area (Å²) in [5.41, 5.74) is -2.53. The van der Waals surface area contributed by atoms with Gasteiger partial charge in [0, 0.05) is 19.7 Å². The second-order valence-electron chi connectivity index (χ2n) is 9.66. The van der Waals surface area contributed by atoms with E-state index in [2.05, 4.69) is 20.8 Å². The lowest BCUT2D eigenvalue weighted by atomic mass is 10.1. The number of thioether (sulfide) groups is 1. The van der Waals surface area contributed by atoms with Gasteiger partial charge in [0.1, 0.15) is 0 Å². The maximum absolute atomic E-state index is 13.5. The lowest BCUT2D eigenvalue weighted by molar-refractivity contribution is -0.138. The average Bonchev–Trinajstić information content (AvgIpc) is 3.41. The maximum atomic E-state index is 13.5. The van der Waals surface area contributed by atoms with E-state index in [-0.39, 0.29) is 33.7 Å². The van der Waals surface area contributed by atoms with Crippen molar-refractivity contribution in [2.24, 2.45) is 0 Å². The molecule has 1 aromatic heterocycles. The van der Waals surface area contributed by atoms with Gasteiger partial charge in [-0.15, -0.1) is 10.2 Å². The molecule has 4 aromatic rings. The lowest BCUT2D eigenvalue weighted by Crippen LogP contribution is -2.25. The second-order valence-corrected chi connectivity index (χ2v) is 12.8. The van der Waals surface area contributed by atoms with Gasteiger partial charge in [-0.05, 0) is 54.6 Å². The molecule has 0 aliphatic carbocycles. The number of alkyl halides is 6. The lowest BCUT2D eigenvalue weighted by Gasteiger charge is -2.14. The van der Waals surface area contributed by atoms with Crippen LogP contribution in [0.5, 0.6) is 0 Å². The van der Waals surface area contributed by atoms with Gasteiger partial charge in [-0.1, -0.05) is 30.0 Å². The molecule has 1 heterocycles. The van der Waals surface area contributed by atoms with Crippen molar-refractivity contribution in [2.45, 2.75) is 28.9 Å². The third kappa shape index (κ3) is 8.04. The first kappa shape index (κ1) is 34.5. The molecule has 0 saturated heterocycles. The van der Waals surface area contributed by atoms with Crippen molar-refractivity contribution in [1.29, 1.82) is 0 Å². The second kappa shape index (κ2) is 13.5. The Morgan fingerprint density at radius 3 is 2.20 bits per heavy atom. The van der Waals surface area contributed by atoms with Crippen LogP contribution in [0.15, 0.2) is 82.8 Å². The zero-order valence-electron chi connectivity index (χ0n) is 23.8. The molecule has 0 aliphatic rings. The minimum absolute atomic E-state index is 0.0372. The van der Waals surface area contributed by atoms with Gasteiger partial charge in [-0.3, -0.25) is 14.2 Å². The van der Waals surface area contributed by atoms with Crippen molar-refractivity contribution >= 4 is 39.3 Å². The Kier molecular flexibility index (Phi) is 10.1. The maximum Gasteiger partial charge on any atom is 0.418 e. The number of sulfonamides is 1. The monoisotopic (exact) mass is 686 g/mol. The van der Waals surface area contributed by atoms with Crippen LogP contribution in [0.4, 0.5) is 32.0 Å². The van der Waals surface area contributed by atoms with Crippen LogP contribution in [0.25, 0.3) is 5.69 Å². The van der Waals surface area contributed by atoms with Gasteiger partial charge in [0.05, 0.1) is 39.7 Å². The first-order valence-corrected chi connectivity index (χ1v) is 15.4. The predicted octanol–water partition coefficient (Wildman–Crippen LogP) is 5.22. The fourth-order valence-corrected chi connectivity index (χ4v) is 5.67. The first-order valence-electron chi connectivity index (χ1n) is 13.0. The number of rotatable bonds is 10. The molecule has 0 spiro atoms. The van der Waals surface area contributed by atoms with E-state index in [4.69, 9.17) is 0 Å². The molecule has 0 saturated carbocycles. The topological polar surface area (TPSA) is 126 Å². The van der Waals surface area contributed by atoms with Gasteiger partial charge in [0.2, 0.25) is 15.9 Å². The third-order valence-corrected chi connectivity index (χ3v) is 9.03. The van der Waals surface area contributed by atoms with Gasteiger partial charge >= 0.3 is 12.4 Å². The zero-order valence-corrected chi connectivity index (χ0v) is 25.5. The fraction of sp³-hybridized carbons (Fsp3) is 0.214. The fourth-order valence-electron chi connectivity index (χ4n) is 4.00. The highest BCUT2D eigenvalue weighted by Gasteiger charge is 2.34. The highest BCUT2D eigenvalue weighted by atomic mass is 32.2. The van der Waals surface area contributed by atoms with E-state index in [1.54, 1.807) is 0 Å². The largest absolute Gasteiger partial charge is 0.418 e.